The first-order valence-corrected chi connectivity index (χ1v) is 5.55. The fourth-order valence-electron chi connectivity index (χ4n) is 1.89. The molecule has 1 aliphatic heterocycles. The van der Waals surface area contributed by atoms with E-state index in [0.29, 0.717) is 0 Å². The summed E-state index contributed by atoms with van der Waals surface area (Å²) >= 11 is 0. The second-order valence-corrected chi connectivity index (χ2v) is 3.95. The van der Waals surface area contributed by atoms with Crippen LogP contribution in [0.2, 0.25) is 0 Å². The van der Waals surface area contributed by atoms with Gasteiger partial charge in [0.25, 0.3) is 0 Å². The zero-order chi connectivity index (χ0) is 11.2. The number of nitrogens with one attached hydrogen (secondary N) is 1. The molecule has 4 nitrogen and oxygen atoms in total. The zero-order valence-corrected chi connectivity index (χ0v) is 9.23. The van der Waals surface area contributed by atoms with Gasteiger partial charge in [0, 0.05) is 18.4 Å². The number of rotatable bonds is 4. The Hall–Kier alpha value is -1.39. The molecule has 4 heteroatoms. The molecule has 1 aromatic rings. The second kappa shape index (κ2) is 5.63. The molecule has 3 N–H and O–H groups in total. The minimum atomic E-state index is 0.143. The van der Waals surface area contributed by atoms with Gasteiger partial charge < -0.3 is 4.74 Å². The lowest BCUT2D eigenvalue weighted by atomic mass is 9.97. The maximum Gasteiger partial charge on any atom is 0.0876 e. The van der Waals surface area contributed by atoms with Crippen molar-refractivity contribution < 1.29 is 4.74 Å². The summed E-state index contributed by atoms with van der Waals surface area (Å²) in [5, 5.41) is 0. The summed E-state index contributed by atoms with van der Waals surface area (Å²) in [6.45, 7) is 0.813. The summed E-state index contributed by atoms with van der Waals surface area (Å²) in [5.41, 5.74) is 5.26. The largest absolute Gasteiger partial charge is 0.501 e. The molecule has 86 valence electrons. The van der Waals surface area contributed by atoms with Crippen molar-refractivity contribution in [2.75, 3.05) is 6.61 Å². The van der Waals surface area contributed by atoms with Crippen molar-refractivity contribution in [2.24, 2.45) is 5.84 Å². The van der Waals surface area contributed by atoms with E-state index in [0.717, 1.165) is 25.9 Å². The molecule has 2 heterocycles. The highest BCUT2D eigenvalue weighted by Gasteiger charge is 2.16. The van der Waals surface area contributed by atoms with E-state index in [4.69, 9.17) is 10.6 Å². The van der Waals surface area contributed by atoms with Crippen LogP contribution in [0.5, 0.6) is 0 Å². The minimum Gasteiger partial charge on any atom is -0.501 e. The van der Waals surface area contributed by atoms with Gasteiger partial charge in [-0.15, -0.1) is 0 Å². The molecule has 0 aromatic carbocycles. The van der Waals surface area contributed by atoms with Gasteiger partial charge in [-0.05, 0) is 36.5 Å². The number of pyridine rings is 1. The first-order valence-electron chi connectivity index (χ1n) is 5.55. The van der Waals surface area contributed by atoms with Crippen LogP contribution in [0.25, 0.3) is 0 Å². The molecule has 1 aromatic heterocycles. The maximum absolute atomic E-state index is 5.58. The van der Waals surface area contributed by atoms with Crippen LogP contribution in [0.15, 0.2) is 36.4 Å². The molecule has 0 fully saturated rings. The number of hydrogen-bond donors (Lipinski definition) is 2. The summed E-state index contributed by atoms with van der Waals surface area (Å²) in [6.07, 6.45) is 8.45. The fraction of sp³-hybridized carbons (Fsp3) is 0.417. The quantitative estimate of drug-likeness (QED) is 0.589. The number of ether oxygens (including phenoxy) is 1. The highest BCUT2D eigenvalue weighted by molar-refractivity contribution is 5.17. The minimum absolute atomic E-state index is 0.143. The van der Waals surface area contributed by atoms with Gasteiger partial charge in [-0.3, -0.25) is 16.3 Å². The molecule has 2 rings (SSSR count). The third-order valence-electron chi connectivity index (χ3n) is 2.77. The van der Waals surface area contributed by atoms with Crippen LogP contribution >= 0.6 is 0 Å². The number of hydrogen-bond acceptors (Lipinski definition) is 4. The van der Waals surface area contributed by atoms with Crippen molar-refractivity contribution in [2.45, 2.75) is 25.3 Å². The second-order valence-electron chi connectivity index (χ2n) is 3.95. The van der Waals surface area contributed by atoms with Gasteiger partial charge in [0.2, 0.25) is 0 Å². The molecule has 0 bridgehead atoms. The Morgan fingerprint density at radius 1 is 1.56 bits per heavy atom. The zero-order valence-electron chi connectivity index (χ0n) is 9.23. The third-order valence-corrected chi connectivity index (χ3v) is 2.77. The summed E-state index contributed by atoms with van der Waals surface area (Å²) in [4.78, 5) is 4.10. The number of nitrogens with two attached hydrogens (primary N) is 1. The Bertz CT molecular complexity index is 351. The highest BCUT2D eigenvalue weighted by Crippen LogP contribution is 2.18. The highest BCUT2D eigenvalue weighted by atomic mass is 16.5. The van der Waals surface area contributed by atoms with E-state index >= 15 is 0 Å². The SMILES string of the molecule is NNC(Cc1cccnc1)C1=COCCC1. The van der Waals surface area contributed by atoms with E-state index in [9.17, 15) is 0 Å². The smallest absolute Gasteiger partial charge is 0.0876 e. The van der Waals surface area contributed by atoms with Gasteiger partial charge in [-0.1, -0.05) is 6.07 Å². The van der Waals surface area contributed by atoms with Gasteiger partial charge in [0.1, 0.15) is 0 Å². The molecule has 0 saturated heterocycles. The normalized spacial score (nSPS) is 17.4. The van der Waals surface area contributed by atoms with Gasteiger partial charge in [0.05, 0.1) is 12.9 Å². The van der Waals surface area contributed by atoms with E-state index < -0.39 is 0 Å². The standard InChI is InChI=1S/C12H17N3O/c13-15-12(11-4-2-6-16-9-11)7-10-3-1-5-14-8-10/h1,3,5,8-9,12,15H,2,4,6-7,13H2. The fourth-order valence-corrected chi connectivity index (χ4v) is 1.89. The summed E-state index contributed by atoms with van der Waals surface area (Å²) in [6, 6.07) is 4.14. The molecule has 0 spiro atoms. The molecule has 1 aliphatic rings. The lowest BCUT2D eigenvalue weighted by Gasteiger charge is -2.22. The van der Waals surface area contributed by atoms with Crippen LogP contribution < -0.4 is 11.3 Å². The molecule has 0 amide bonds. The molecule has 1 unspecified atom stereocenters. The van der Waals surface area contributed by atoms with E-state index in [1.165, 1.54) is 11.1 Å². The van der Waals surface area contributed by atoms with E-state index in [-0.39, 0.29) is 6.04 Å². The first-order chi connectivity index (χ1) is 7.90. The van der Waals surface area contributed by atoms with Crippen LogP contribution in [-0.2, 0) is 11.2 Å². The Balaban J connectivity index is 2.03. The molecular weight excluding hydrogens is 202 g/mol. The Morgan fingerprint density at radius 2 is 2.50 bits per heavy atom. The summed E-state index contributed by atoms with van der Waals surface area (Å²) in [5.74, 6) is 5.58. The van der Waals surface area contributed by atoms with Crippen LogP contribution in [0.1, 0.15) is 18.4 Å². The number of nitrogens with zero attached hydrogens (tertiary/aromatic N) is 1. The molecule has 0 radical (unpaired) electrons. The van der Waals surface area contributed by atoms with Gasteiger partial charge >= 0.3 is 0 Å². The van der Waals surface area contributed by atoms with E-state index in [1.54, 1.807) is 6.20 Å². The van der Waals surface area contributed by atoms with Crippen LogP contribution in [0.3, 0.4) is 0 Å². The van der Waals surface area contributed by atoms with Crippen LogP contribution in [0.4, 0.5) is 0 Å². The van der Waals surface area contributed by atoms with Crippen molar-refractivity contribution in [3.8, 4) is 0 Å². The lowest BCUT2D eigenvalue weighted by molar-refractivity contribution is 0.219. The van der Waals surface area contributed by atoms with Crippen LogP contribution in [0, 0.1) is 0 Å². The molecule has 0 saturated carbocycles. The maximum atomic E-state index is 5.58. The van der Waals surface area contributed by atoms with Crippen molar-refractivity contribution in [1.29, 1.82) is 0 Å². The average Bonchev–Trinajstić information content (AvgIpc) is 2.38. The van der Waals surface area contributed by atoms with Crippen molar-refractivity contribution in [3.63, 3.8) is 0 Å². The number of aromatic nitrogens is 1. The van der Waals surface area contributed by atoms with Crippen molar-refractivity contribution in [1.82, 2.24) is 10.4 Å². The van der Waals surface area contributed by atoms with Crippen molar-refractivity contribution >= 4 is 0 Å². The summed E-state index contributed by atoms with van der Waals surface area (Å²) < 4.78 is 5.33. The Kier molecular flexibility index (Phi) is 3.91. The van der Waals surface area contributed by atoms with E-state index in [2.05, 4.69) is 16.5 Å². The lowest BCUT2D eigenvalue weighted by Crippen LogP contribution is -2.39. The van der Waals surface area contributed by atoms with Gasteiger partial charge in [-0.2, -0.15) is 0 Å². The topological polar surface area (TPSA) is 60.2 Å². The van der Waals surface area contributed by atoms with E-state index in [1.807, 2.05) is 18.5 Å². The molecule has 16 heavy (non-hydrogen) atoms. The van der Waals surface area contributed by atoms with Crippen LogP contribution in [-0.4, -0.2) is 17.6 Å². The summed E-state index contributed by atoms with van der Waals surface area (Å²) in [7, 11) is 0. The average molecular weight is 219 g/mol. The number of hydrazine groups is 1. The third kappa shape index (κ3) is 2.81. The predicted octanol–water partition coefficient (Wildman–Crippen LogP) is 1.15. The Morgan fingerprint density at radius 3 is 3.12 bits per heavy atom. The first kappa shape index (κ1) is 11.1. The van der Waals surface area contributed by atoms with Gasteiger partial charge in [0.15, 0.2) is 0 Å². The molecule has 0 aliphatic carbocycles. The predicted molar refractivity (Wildman–Crippen MR) is 62.3 cm³/mol. The van der Waals surface area contributed by atoms with Gasteiger partial charge in [-0.25, -0.2) is 0 Å². The molecule has 1 atom stereocenters. The molecular formula is C12H17N3O. The van der Waals surface area contributed by atoms with Crippen molar-refractivity contribution in [3.05, 3.63) is 41.9 Å². The Labute approximate surface area is 95.5 Å². The monoisotopic (exact) mass is 219 g/mol.